The Bertz CT molecular complexity index is 1520. The molecule has 0 spiro atoms. The van der Waals surface area contributed by atoms with Gasteiger partial charge in [0, 0.05) is 28.0 Å². The van der Waals surface area contributed by atoms with Crippen LogP contribution in [0.2, 0.25) is 0 Å². The Hall–Kier alpha value is -4.03. The summed E-state index contributed by atoms with van der Waals surface area (Å²) in [6.07, 6.45) is -1.69. The standard InChI is InChI=1S/C31H32F3N3O5S/c1-17-20(10-7-11-23(17)38)28(40)36-22(14-18-8-5-4-6-9-18)26(39)30(42)37-16-43-31(2,3)27(37)29(41)35-15-19-12-13-21(32)25(34)24(19)33/h4-13,22,26-27,38-39H,14-16H2,1-3H3,(H,35,41)(H,36,40)/t22-,26-,27+/m0/s1. The molecular weight excluding hydrogens is 583 g/mol. The summed E-state index contributed by atoms with van der Waals surface area (Å²) in [4.78, 5) is 41.5. The minimum Gasteiger partial charge on any atom is -0.508 e. The Labute approximate surface area is 251 Å². The van der Waals surface area contributed by atoms with E-state index in [-0.39, 0.29) is 29.2 Å². The van der Waals surface area contributed by atoms with Gasteiger partial charge in [-0.15, -0.1) is 11.8 Å². The molecule has 0 unspecified atom stereocenters. The number of aliphatic hydroxyl groups excluding tert-OH is 1. The van der Waals surface area contributed by atoms with Gasteiger partial charge in [0.2, 0.25) is 5.91 Å². The summed E-state index contributed by atoms with van der Waals surface area (Å²) in [6.45, 7) is 4.57. The van der Waals surface area contributed by atoms with E-state index in [2.05, 4.69) is 10.6 Å². The molecule has 0 bridgehead atoms. The van der Waals surface area contributed by atoms with Gasteiger partial charge < -0.3 is 25.7 Å². The Morgan fingerprint density at radius 1 is 1.02 bits per heavy atom. The van der Waals surface area contributed by atoms with Gasteiger partial charge in [-0.1, -0.05) is 42.5 Å². The number of hydrogen-bond acceptors (Lipinski definition) is 6. The fraction of sp³-hybridized carbons (Fsp3) is 0.323. The molecule has 228 valence electrons. The maximum absolute atomic E-state index is 14.2. The quantitative estimate of drug-likeness (QED) is 0.272. The maximum atomic E-state index is 14.2. The number of carbonyl (C=O) groups excluding carboxylic acids is 3. The van der Waals surface area contributed by atoms with Crippen molar-refractivity contribution in [3.63, 3.8) is 0 Å². The summed E-state index contributed by atoms with van der Waals surface area (Å²) < 4.78 is 40.4. The molecule has 43 heavy (non-hydrogen) atoms. The van der Waals surface area contributed by atoms with Gasteiger partial charge in [-0.25, -0.2) is 13.2 Å². The minimum atomic E-state index is -1.77. The Morgan fingerprint density at radius 2 is 1.72 bits per heavy atom. The van der Waals surface area contributed by atoms with Crippen LogP contribution in [-0.4, -0.2) is 61.6 Å². The lowest BCUT2D eigenvalue weighted by Crippen LogP contribution is -2.58. The first kappa shape index (κ1) is 31.9. The van der Waals surface area contributed by atoms with Crippen LogP contribution in [0.4, 0.5) is 13.2 Å². The molecule has 1 heterocycles. The van der Waals surface area contributed by atoms with Crippen molar-refractivity contribution in [2.75, 3.05) is 5.88 Å². The van der Waals surface area contributed by atoms with Crippen molar-refractivity contribution in [3.05, 3.63) is 100 Å². The number of nitrogens with zero attached hydrogens (tertiary/aromatic N) is 1. The van der Waals surface area contributed by atoms with Gasteiger partial charge in [0.1, 0.15) is 11.8 Å². The second kappa shape index (κ2) is 13.1. The molecule has 3 atom stereocenters. The SMILES string of the molecule is Cc1c(O)cccc1C(=O)N[C@@H](Cc1ccccc1)[C@H](O)C(=O)N1CSC(C)(C)[C@H]1C(=O)NCc1ccc(F)c(F)c1F. The number of phenolic OH excluding ortho intramolecular Hbond substituents is 1. The zero-order valence-corrected chi connectivity index (χ0v) is 24.6. The first-order valence-electron chi connectivity index (χ1n) is 13.5. The van der Waals surface area contributed by atoms with Gasteiger partial charge in [0.05, 0.1) is 11.9 Å². The average Bonchev–Trinajstić information content (AvgIpc) is 3.30. The largest absolute Gasteiger partial charge is 0.508 e. The molecule has 4 rings (SSSR count). The molecule has 1 fully saturated rings. The van der Waals surface area contributed by atoms with Crippen molar-refractivity contribution in [1.29, 1.82) is 0 Å². The number of hydrogen-bond donors (Lipinski definition) is 4. The predicted octanol–water partition coefficient (Wildman–Crippen LogP) is 3.82. The van der Waals surface area contributed by atoms with Crippen molar-refractivity contribution >= 4 is 29.5 Å². The minimum absolute atomic E-state index is 0.0399. The highest BCUT2D eigenvalue weighted by molar-refractivity contribution is 8.00. The molecule has 1 saturated heterocycles. The number of aliphatic hydroxyl groups is 1. The summed E-state index contributed by atoms with van der Waals surface area (Å²) in [5.41, 5.74) is 0.941. The second-order valence-electron chi connectivity index (χ2n) is 10.8. The van der Waals surface area contributed by atoms with E-state index in [1.54, 1.807) is 51.1 Å². The lowest BCUT2D eigenvalue weighted by molar-refractivity contribution is -0.147. The summed E-state index contributed by atoms with van der Waals surface area (Å²) in [6, 6.07) is 12.9. The third-order valence-corrected chi connectivity index (χ3v) is 8.82. The van der Waals surface area contributed by atoms with Gasteiger partial charge in [-0.05, 0) is 51.0 Å². The first-order chi connectivity index (χ1) is 20.3. The van der Waals surface area contributed by atoms with Crippen LogP contribution in [0.25, 0.3) is 0 Å². The van der Waals surface area contributed by atoms with Crippen molar-refractivity contribution in [2.45, 2.75) is 56.7 Å². The predicted molar refractivity (Wildman–Crippen MR) is 156 cm³/mol. The van der Waals surface area contributed by atoms with Crippen LogP contribution < -0.4 is 10.6 Å². The number of carbonyl (C=O) groups is 3. The van der Waals surface area contributed by atoms with Crippen LogP contribution >= 0.6 is 11.8 Å². The number of rotatable bonds is 9. The lowest BCUT2D eigenvalue weighted by Gasteiger charge is -2.33. The lowest BCUT2D eigenvalue weighted by atomic mass is 9.96. The van der Waals surface area contributed by atoms with Crippen molar-refractivity contribution in [2.24, 2.45) is 0 Å². The summed E-state index contributed by atoms with van der Waals surface area (Å²) in [5, 5.41) is 26.6. The Kier molecular flexibility index (Phi) is 9.71. The molecule has 3 aromatic carbocycles. The van der Waals surface area contributed by atoms with Gasteiger partial charge >= 0.3 is 0 Å². The van der Waals surface area contributed by atoms with Gasteiger partial charge in [0.15, 0.2) is 23.6 Å². The van der Waals surface area contributed by atoms with E-state index in [9.17, 15) is 37.8 Å². The molecule has 3 aromatic rings. The van der Waals surface area contributed by atoms with Crippen molar-refractivity contribution in [1.82, 2.24) is 15.5 Å². The second-order valence-corrected chi connectivity index (χ2v) is 12.4. The highest BCUT2D eigenvalue weighted by Crippen LogP contribution is 2.40. The van der Waals surface area contributed by atoms with E-state index in [1.807, 2.05) is 0 Å². The number of halogens is 3. The van der Waals surface area contributed by atoms with Crippen molar-refractivity contribution < 1.29 is 37.8 Å². The topological polar surface area (TPSA) is 119 Å². The molecule has 1 aliphatic heterocycles. The summed E-state index contributed by atoms with van der Waals surface area (Å²) >= 11 is 1.28. The van der Waals surface area contributed by atoms with E-state index < -0.39 is 64.7 Å². The highest BCUT2D eigenvalue weighted by Gasteiger charge is 2.49. The fourth-order valence-electron chi connectivity index (χ4n) is 4.96. The maximum Gasteiger partial charge on any atom is 0.254 e. The van der Waals surface area contributed by atoms with Gasteiger partial charge in [-0.3, -0.25) is 14.4 Å². The summed E-state index contributed by atoms with van der Waals surface area (Å²) in [7, 11) is 0. The van der Waals surface area contributed by atoms with E-state index in [1.165, 1.54) is 34.9 Å². The van der Waals surface area contributed by atoms with Crippen LogP contribution in [0.15, 0.2) is 60.7 Å². The third-order valence-electron chi connectivity index (χ3n) is 7.44. The van der Waals surface area contributed by atoms with E-state index in [4.69, 9.17) is 0 Å². The molecule has 4 N–H and O–H groups in total. The smallest absolute Gasteiger partial charge is 0.254 e. The van der Waals surface area contributed by atoms with Gasteiger partial charge in [0.25, 0.3) is 11.8 Å². The molecule has 12 heteroatoms. The van der Waals surface area contributed by atoms with Crippen LogP contribution in [0.5, 0.6) is 5.75 Å². The zero-order chi connectivity index (χ0) is 31.5. The monoisotopic (exact) mass is 615 g/mol. The van der Waals surface area contributed by atoms with Crippen molar-refractivity contribution in [3.8, 4) is 5.75 Å². The van der Waals surface area contributed by atoms with Crippen LogP contribution in [0.3, 0.4) is 0 Å². The first-order valence-corrected chi connectivity index (χ1v) is 14.5. The fourth-order valence-corrected chi connectivity index (χ4v) is 6.10. The average molecular weight is 616 g/mol. The van der Waals surface area contributed by atoms with Crippen LogP contribution in [-0.2, 0) is 22.6 Å². The van der Waals surface area contributed by atoms with Crippen LogP contribution in [0.1, 0.15) is 40.9 Å². The number of benzene rings is 3. The number of nitrogens with one attached hydrogen (secondary N) is 2. The molecule has 8 nitrogen and oxygen atoms in total. The molecule has 0 saturated carbocycles. The van der Waals surface area contributed by atoms with Gasteiger partial charge in [-0.2, -0.15) is 0 Å². The Morgan fingerprint density at radius 3 is 2.42 bits per heavy atom. The summed E-state index contributed by atoms with van der Waals surface area (Å²) in [5.74, 6) is -6.59. The molecule has 0 aliphatic carbocycles. The van der Waals surface area contributed by atoms with Crippen LogP contribution in [0, 0.1) is 24.4 Å². The molecule has 0 radical (unpaired) electrons. The van der Waals surface area contributed by atoms with E-state index in [0.29, 0.717) is 5.56 Å². The highest BCUT2D eigenvalue weighted by atomic mass is 32.2. The number of amides is 3. The molecule has 1 aliphatic rings. The number of aromatic hydroxyl groups is 1. The van der Waals surface area contributed by atoms with E-state index in [0.717, 1.165) is 17.7 Å². The molecular formula is C31H32F3N3O5S. The molecule has 0 aromatic heterocycles. The number of phenols is 1. The molecule has 3 amide bonds. The zero-order valence-electron chi connectivity index (χ0n) is 23.7. The Balaban J connectivity index is 1.56. The number of thioether (sulfide) groups is 1. The third kappa shape index (κ3) is 6.97. The van der Waals surface area contributed by atoms with E-state index >= 15 is 0 Å². The normalized spacial score (nSPS) is 17.3.